The smallest absolute Gasteiger partial charge is 0.225 e. The predicted molar refractivity (Wildman–Crippen MR) is 129 cm³/mol. The van der Waals surface area contributed by atoms with Crippen LogP contribution >= 0.6 is 0 Å². The molecule has 33 heavy (non-hydrogen) atoms. The van der Waals surface area contributed by atoms with Crippen molar-refractivity contribution in [3.05, 3.63) is 72.6 Å². The van der Waals surface area contributed by atoms with Crippen LogP contribution in [0.4, 0.5) is 11.6 Å². The van der Waals surface area contributed by atoms with Gasteiger partial charge in [-0.05, 0) is 43.9 Å². The molecular formula is C26H30N4O3. The lowest BCUT2D eigenvalue weighted by molar-refractivity contribution is -0.116. The Morgan fingerprint density at radius 1 is 1.09 bits per heavy atom. The molecule has 1 aliphatic heterocycles. The van der Waals surface area contributed by atoms with Crippen molar-refractivity contribution in [1.82, 2.24) is 9.97 Å². The van der Waals surface area contributed by atoms with Crippen LogP contribution in [0.5, 0.6) is 11.5 Å². The number of benzene rings is 2. The molecule has 1 saturated heterocycles. The number of rotatable bonds is 9. The summed E-state index contributed by atoms with van der Waals surface area (Å²) in [5, 5.41) is 2.88. The van der Waals surface area contributed by atoms with Crippen LogP contribution in [0.1, 0.15) is 31.7 Å². The lowest BCUT2D eigenvalue weighted by atomic mass is 10.1. The maximum absolute atomic E-state index is 12.4. The van der Waals surface area contributed by atoms with Crippen LogP contribution in [0.25, 0.3) is 0 Å². The summed E-state index contributed by atoms with van der Waals surface area (Å²) in [6, 6.07) is 17.7. The molecule has 172 valence electrons. The van der Waals surface area contributed by atoms with E-state index < -0.39 is 0 Å². The van der Waals surface area contributed by atoms with Crippen molar-refractivity contribution in [2.75, 3.05) is 29.9 Å². The molecule has 1 N–H and O–H groups in total. The molecule has 2 heterocycles. The van der Waals surface area contributed by atoms with Gasteiger partial charge in [0, 0.05) is 13.0 Å². The van der Waals surface area contributed by atoms with E-state index in [1.807, 2.05) is 61.5 Å². The summed E-state index contributed by atoms with van der Waals surface area (Å²) in [5.41, 5.74) is 1.14. The molecule has 1 aromatic heterocycles. The summed E-state index contributed by atoms with van der Waals surface area (Å²) in [5.74, 6) is 2.66. The van der Waals surface area contributed by atoms with Gasteiger partial charge in [-0.1, -0.05) is 42.5 Å². The molecule has 0 saturated carbocycles. The van der Waals surface area contributed by atoms with E-state index in [0.717, 1.165) is 42.3 Å². The minimum absolute atomic E-state index is 0.0197. The summed E-state index contributed by atoms with van der Waals surface area (Å²) in [4.78, 5) is 23.5. The number of piperidine rings is 1. The highest BCUT2D eigenvalue weighted by Gasteiger charge is 2.24. The second-order valence-electron chi connectivity index (χ2n) is 8.00. The van der Waals surface area contributed by atoms with E-state index >= 15 is 0 Å². The monoisotopic (exact) mass is 446 g/mol. The fourth-order valence-corrected chi connectivity index (χ4v) is 3.92. The first-order valence-corrected chi connectivity index (χ1v) is 11.5. The summed E-state index contributed by atoms with van der Waals surface area (Å²) in [6.07, 6.45) is 6.36. The standard InChI is InChI=1S/C26H30N4O3/c1-2-32-22-12-6-7-13-23(22)33-21-11-8-16-30(19-21)25-18-27-17-24(28-25)29-26(31)15-14-20-9-4-3-5-10-20/h3-7,9-10,12-13,17-18,21H,2,8,11,14-16,19H2,1H3,(H,28,29,31). The number of amides is 1. The van der Waals surface area contributed by atoms with Crippen LogP contribution in [-0.2, 0) is 11.2 Å². The number of carbonyl (C=O) groups excluding carboxylic acids is 1. The zero-order valence-corrected chi connectivity index (χ0v) is 18.9. The number of carbonyl (C=O) groups is 1. The number of para-hydroxylation sites is 2. The van der Waals surface area contributed by atoms with Gasteiger partial charge in [-0.15, -0.1) is 0 Å². The molecule has 1 fully saturated rings. The number of hydrogen-bond acceptors (Lipinski definition) is 6. The molecule has 0 radical (unpaired) electrons. The number of aryl methyl sites for hydroxylation is 1. The lowest BCUT2D eigenvalue weighted by Crippen LogP contribution is -2.41. The zero-order valence-electron chi connectivity index (χ0n) is 18.9. The predicted octanol–water partition coefficient (Wildman–Crippen LogP) is 4.49. The first kappa shape index (κ1) is 22.6. The van der Waals surface area contributed by atoms with Gasteiger partial charge < -0.3 is 19.7 Å². The Kier molecular flexibility index (Phi) is 7.74. The van der Waals surface area contributed by atoms with E-state index in [9.17, 15) is 4.79 Å². The number of aromatic nitrogens is 2. The van der Waals surface area contributed by atoms with E-state index in [2.05, 4.69) is 20.2 Å². The molecular weight excluding hydrogens is 416 g/mol. The Bertz CT molecular complexity index is 1040. The second-order valence-corrected chi connectivity index (χ2v) is 8.00. The number of hydrogen-bond donors (Lipinski definition) is 1. The van der Waals surface area contributed by atoms with Crippen molar-refractivity contribution in [2.24, 2.45) is 0 Å². The minimum Gasteiger partial charge on any atom is -0.490 e. The van der Waals surface area contributed by atoms with Gasteiger partial charge in [0.25, 0.3) is 0 Å². The Hall–Kier alpha value is -3.61. The van der Waals surface area contributed by atoms with Gasteiger partial charge in [0.15, 0.2) is 17.3 Å². The highest BCUT2D eigenvalue weighted by atomic mass is 16.5. The minimum atomic E-state index is -0.0716. The third-order valence-corrected chi connectivity index (χ3v) is 5.52. The van der Waals surface area contributed by atoms with E-state index in [4.69, 9.17) is 9.47 Å². The zero-order chi connectivity index (χ0) is 22.9. The van der Waals surface area contributed by atoms with Crippen molar-refractivity contribution in [3.8, 4) is 11.5 Å². The van der Waals surface area contributed by atoms with E-state index in [0.29, 0.717) is 31.8 Å². The maximum Gasteiger partial charge on any atom is 0.225 e. The first-order valence-electron chi connectivity index (χ1n) is 11.5. The summed E-state index contributed by atoms with van der Waals surface area (Å²) >= 11 is 0. The molecule has 0 bridgehead atoms. The molecule has 1 aliphatic rings. The van der Waals surface area contributed by atoms with Crippen LogP contribution in [0.2, 0.25) is 0 Å². The number of ether oxygens (including phenoxy) is 2. The topological polar surface area (TPSA) is 76.6 Å². The van der Waals surface area contributed by atoms with Crippen LogP contribution in [0.3, 0.4) is 0 Å². The van der Waals surface area contributed by atoms with Crippen LogP contribution in [0.15, 0.2) is 67.0 Å². The third kappa shape index (κ3) is 6.44. The van der Waals surface area contributed by atoms with Crippen molar-refractivity contribution < 1.29 is 14.3 Å². The summed E-state index contributed by atoms with van der Waals surface area (Å²) < 4.78 is 12.0. The average molecular weight is 447 g/mol. The maximum atomic E-state index is 12.4. The second kappa shape index (κ2) is 11.3. The van der Waals surface area contributed by atoms with Crippen molar-refractivity contribution in [2.45, 2.75) is 38.7 Å². The molecule has 0 aliphatic carbocycles. The molecule has 7 heteroatoms. The SMILES string of the molecule is CCOc1ccccc1OC1CCCN(c2cncc(NC(=O)CCc3ccccc3)n2)C1. The quantitative estimate of drug-likeness (QED) is 0.522. The molecule has 1 unspecified atom stereocenters. The van der Waals surface area contributed by atoms with Crippen molar-refractivity contribution in [1.29, 1.82) is 0 Å². The molecule has 1 amide bonds. The normalized spacial score (nSPS) is 15.7. The fourth-order valence-electron chi connectivity index (χ4n) is 3.92. The molecule has 1 atom stereocenters. The van der Waals surface area contributed by atoms with Gasteiger partial charge in [-0.25, -0.2) is 4.98 Å². The van der Waals surface area contributed by atoms with Gasteiger partial charge in [-0.2, -0.15) is 0 Å². The molecule has 2 aromatic carbocycles. The Balaban J connectivity index is 1.35. The van der Waals surface area contributed by atoms with Crippen LogP contribution in [-0.4, -0.2) is 41.7 Å². The molecule has 7 nitrogen and oxygen atoms in total. The van der Waals surface area contributed by atoms with Crippen LogP contribution < -0.4 is 19.7 Å². The average Bonchev–Trinajstić information content (AvgIpc) is 2.85. The summed E-state index contributed by atoms with van der Waals surface area (Å²) in [7, 11) is 0. The highest BCUT2D eigenvalue weighted by molar-refractivity contribution is 5.89. The van der Waals surface area contributed by atoms with Gasteiger partial charge in [-0.3, -0.25) is 9.78 Å². The number of nitrogens with one attached hydrogen (secondary N) is 1. The Morgan fingerprint density at radius 3 is 2.70 bits per heavy atom. The third-order valence-electron chi connectivity index (χ3n) is 5.52. The largest absolute Gasteiger partial charge is 0.490 e. The molecule has 4 rings (SSSR count). The fraction of sp³-hybridized carbons (Fsp3) is 0.346. The van der Waals surface area contributed by atoms with Crippen molar-refractivity contribution >= 4 is 17.5 Å². The van der Waals surface area contributed by atoms with Crippen LogP contribution in [0, 0.1) is 0 Å². The lowest BCUT2D eigenvalue weighted by Gasteiger charge is -2.33. The van der Waals surface area contributed by atoms with Gasteiger partial charge in [0.05, 0.1) is 25.5 Å². The molecule has 0 spiro atoms. The van der Waals surface area contributed by atoms with E-state index in [-0.39, 0.29) is 12.0 Å². The molecule has 3 aromatic rings. The Labute approximate surface area is 194 Å². The van der Waals surface area contributed by atoms with Gasteiger partial charge in [0.1, 0.15) is 11.9 Å². The van der Waals surface area contributed by atoms with Crippen molar-refractivity contribution in [3.63, 3.8) is 0 Å². The van der Waals surface area contributed by atoms with Gasteiger partial charge in [0.2, 0.25) is 5.91 Å². The van der Waals surface area contributed by atoms with Gasteiger partial charge >= 0.3 is 0 Å². The number of nitrogens with zero attached hydrogens (tertiary/aromatic N) is 3. The Morgan fingerprint density at radius 2 is 1.88 bits per heavy atom. The summed E-state index contributed by atoms with van der Waals surface area (Å²) in [6.45, 7) is 4.12. The van der Waals surface area contributed by atoms with E-state index in [1.165, 1.54) is 0 Å². The first-order chi connectivity index (χ1) is 16.2. The van der Waals surface area contributed by atoms with E-state index in [1.54, 1.807) is 12.4 Å². The highest BCUT2D eigenvalue weighted by Crippen LogP contribution is 2.30. The number of anilines is 2.